The number of hydrogen-bond acceptors (Lipinski definition) is 4. The van der Waals surface area contributed by atoms with Gasteiger partial charge in [0.05, 0.1) is 21.9 Å². The van der Waals surface area contributed by atoms with E-state index in [1.165, 1.54) is 18.2 Å². The van der Waals surface area contributed by atoms with E-state index in [9.17, 15) is 26.0 Å². The maximum Gasteiger partial charge on any atom is 0.416 e. The van der Waals surface area contributed by atoms with Gasteiger partial charge in [0.15, 0.2) is 14.9 Å². The molecule has 2 aromatic rings. The van der Waals surface area contributed by atoms with Crippen LogP contribution in [0.25, 0.3) is 0 Å². The Balaban J connectivity index is 1.78. The third kappa shape index (κ3) is 4.47. The molecule has 2 N–H and O–H groups in total. The fourth-order valence-corrected chi connectivity index (χ4v) is 4.27. The van der Waals surface area contributed by atoms with E-state index in [0.29, 0.717) is 0 Å². The summed E-state index contributed by atoms with van der Waals surface area (Å²) < 4.78 is 76.0. The number of anilines is 1. The summed E-state index contributed by atoms with van der Waals surface area (Å²) in [6, 6.07) is 7.73. The average Bonchev–Trinajstić information content (AvgIpc) is 2.60. The summed E-state index contributed by atoms with van der Waals surface area (Å²) in [5.74, 6) is -0.812. The quantitative estimate of drug-likeness (QED) is 0.328. The second-order valence-electron chi connectivity index (χ2n) is 5.91. The second kappa shape index (κ2) is 7.47. The summed E-state index contributed by atoms with van der Waals surface area (Å²) in [4.78, 5) is -0.0301. The topological polar surface area (TPSA) is 70.6 Å². The van der Waals surface area contributed by atoms with Crippen molar-refractivity contribution >= 4 is 38.6 Å². The summed E-state index contributed by atoms with van der Waals surface area (Å²) in [6.45, 7) is 0. The maximum absolute atomic E-state index is 13.5. The SMILES string of the molecule is O=S1(=O)CC/C(=N/NC(=S)Nc2cccc(C(F)(F)F)c2)c2cc(F)ccc21. The monoisotopic (exact) mass is 431 g/mol. The van der Waals surface area contributed by atoms with Crippen LogP contribution < -0.4 is 10.7 Å². The predicted octanol–water partition coefficient (Wildman–Crippen LogP) is 3.71. The van der Waals surface area contributed by atoms with Crippen LogP contribution in [0, 0.1) is 5.82 Å². The van der Waals surface area contributed by atoms with Crippen molar-refractivity contribution in [2.45, 2.75) is 17.5 Å². The van der Waals surface area contributed by atoms with Crippen molar-refractivity contribution < 1.29 is 26.0 Å². The average molecular weight is 431 g/mol. The number of nitrogens with one attached hydrogen (secondary N) is 2. The Kier molecular flexibility index (Phi) is 5.39. The van der Waals surface area contributed by atoms with E-state index in [0.717, 1.165) is 24.3 Å². The van der Waals surface area contributed by atoms with Crippen molar-refractivity contribution in [2.75, 3.05) is 11.1 Å². The fourth-order valence-electron chi connectivity index (χ4n) is 2.64. The summed E-state index contributed by atoms with van der Waals surface area (Å²) in [5.41, 5.74) is 2.12. The van der Waals surface area contributed by atoms with E-state index >= 15 is 0 Å². The van der Waals surface area contributed by atoms with Gasteiger partial charge in [0.25, 0.3) is 0 Å². The summed E-state index contributed by atoms with van der Waals surface area (Å²) in [6.07, 6.45) is -4.45. The van der Waals surface area contributed by atoms with Gasteiger partial charge in [-0.25, -0.2) is 12.8 Å². The fraction of sp³-hybridized carbons (Fsp3) is 0.176. The van der Waals surface area contributed by atoms with E-state index in [2.05, 4.69) is 15.8 Å². The maximum atomic E-state index is 13.5. The van der Waals surface area contributed by atoms with Crippen LogP contribution in [-0.4, -0.2) is 25.0 Å². The van der Waals surface area contributed by atoms with E-state index in [1.807, 2.05) is 0 Å². The molecule has 0 spiro atoms. The van der Waals surface area contributed by atoms with Crippen molar-refractivity contribution in [1.82, 2.24) is 5.43 Å². The van der Waals surface area contributed by atoms with E-state index in [4.69, 9.17) is 12.2 Å². The molecule has 28 heavy (non-hydrogen) atoms. The largest absolute Gasteiger partial charge is 0.416 e. The molecule has 0 atom stereocenters. The zero-order chi connectivity index (χ0) is 20.5. The lowest BCUT2D eigenvalue weighted by atomic mass is 10.1. The third-order valence-corrected chi connectivity index (χ3v) is 5.90. The number of hydrazone groups is 1. The molecule has 3 rings (SSSR count). The Morgan fingerprint density at radius 1 is 1.14 bits per heavy atom. The third-order valence-electron chi connectivity index (χ3n) is 3.94. The predicted molar refractivity (Wildman–Crippen MR) is 100 cm³/mol. The number of benzene rings is 2. The van der Waals surface area contributed by atoms with Gasteiger partial charge in [-0.3, -0.25) is 5.43 Å². The van der Waals surface area contributed by atoms with Gasteiger partial charge in [-0.05, 0) is 48.6 Å². The van der Waals surface area contributed by atoms with Crippen LogP contribution in [0.15, 0.2) is 52.5 Å². The van der Waals surface area contributed by atoms with Gasteiger partial charge in [-0.2, -0.15) is 18.3 Å². The van der Waals surface area contributed by atoms with Gasteiger partial charge in [-0.15, -0.1) is 0 Å². The van der Waals surface area contributed by atoms with Gasteiger partial charge in [0.1, 0.15) is 5.82 Å². The molecule has 2 aromatic carbocycles. The molecule has 5 nitrogen and oxygen atoms in total. The molecular weight excluding hydrogens is 418 g/mol. The highest BCUT2D eigenvalue weighted by atomic mass is 32.2. The first-order chi connectivity index (χ1) is 13.1. The summed E-state index contributed by atoms with van der Waals surface area (Å²) in [5, 5.41) is 6.48. The van der Waals surface area contributed by atoms with Crippen LogP contribution in [-0.2, 0) is 16.0 Å². The van der Waals surface area contributed by atoms with E-state index < -0.39 is 27.4 Å². The van der Waals surface area contributed by atoms with Gasteiger partial charge >= 0.3 is 6.18 Å². The van der Waals surface area contributed by atoms with Crippen molar-refractivity contribution in [1.29, 1.82) is 0 Å². The molecular formula is C17H13F4N3O2S2. The second-order valence-corrected chi connectivity index (χ2v) is 8.40. The van der Waals surface area contributed by atoms with Crippen LogP contribution in [0.2, 0.25) is 0 Å². The smallest absolute Gasteiger partial charge is 0.331 e. The lowest BCUT2D eigenvalue weighted by Gasteiger charge is -2.18. The Hall–Kier alpha value is -2.53. The minimum Gasteiger partial charge on any atom is -0.331 e. The minimum absolute atomic E-state index is 0.0301. The molecule has 0 radical (unpaired) electrons. The van der Waals surface area contributed by atoms with Crippen molar-refractivity contribution in [3.8, 4) is 0 Å². The molecule has 0 saturated heterocycles. The lowest BCUT2D eigenvalue weighted by molar-refractivity contribution is -0.137. The standard InChI is InChI=1S/C17H13F4N3O2S2/c18-11-4-5-15-13(9-11)14(6-7-28(15,25)26)23-24-16(27)22-12-3-1-2-10(8-12)17(19,20)21/h1-5,8-9H,6-7H2,(H2,22,24,27)/b23-14-. The number of rotatable bonds is 2. The van der Waals surface area contributed by atoms with Gasteiger partial charge in [-0.1, -0.05) is 6.07 Å². The first kappa shape index (κ1) is 20.2. The first-order valence-corrected chi connectivity index (χ1v) is 9.96. The minimum atomic E-state index is -4.49. The highest BCUT2D eigenvalue weighted by molar-refractivity contribution is 7.91. The van der Waals surface area contributed by atoms with Gasteiger partial charge in [0.2, 0.25) is 0 Å². The Bertz CT molecular complexity index is 1070. The number of sulfone groups is 1. The molecule has 0 saturated carbocycles. The molecule has 1 aliphatic heterocycles. The number of alkyl halides is 3. The van der Waals surface area contributed by atoms with Gasteiger partial charge in [0, 0.05) is 17.7 Å². The molecule has 0 bridgehead atoms. The molecule has 11 heteroatoms. The van der Waals surface area contributed by atoms with Crippen molar-refractivity contribution in [2.24, 2.45) is 5.10 Å². The molecule has 0 unspecified atom stereocenters. The zero-order valence-corrected chi connectivity index (χ0v) is 15.7. The number of halogens is 4. The summed E-state index contributed by atoms with van der Waals surface area (Å²) >= 11 is 5.01. The number of thiocarbonyl (C=S) groups is 1. The van der Waals surface area contributed by atoms with Crippen LogP contribution in [0.5, 0.6) is 0 Å². The normalized spacial score (nSPS) is 17.1. The van der Waals surface area contributed by atoms with E-state index in [1.54, 1.807) is 0 Å². The number of nitrogens with zero attached hydrogens (tertiary/aromatic N) is 1. The molecule has 0 amide bonds. The Labute approximate surface area is 163 Å². The zero-order valence-electron chi connectivity index (χ0n) is 14.0. The first-order valence-electron chi connectivity index (χ1n) is 7.90. The van der Waals surface area contributed by atoms with Crippen LogP contribution in [0.3, 0.4) is 0 Å². The molecule has 0 aromatic heterocycles. The van der Waals surface area contributed by atoms with Crippen LogP contribution in [0.4, 0.5) is 23.2 Å². The molecule has 148 valence electrons. The molecule has 1 aliphatic rings. The number of hydrogen-bond donors (Lipinski definition) is 2. The van der Waals surface area contributed by atoms with Gasteiger partial charge < -0.3 is 5.32 Å². The highest BCUT2D eigenvalue weighted by Gasteiger charge is 2.30. The van der Waals surface area contributed by atoms with E-state index in [-0.39, 0.29) is 39.1 Å². The molecule has 0 aliphatic carbocycles. The van der Waals surface area contributed by atoms with Crippen molar-refractivity contribution in [3.05, 3.63) is 59.4 Å². The highest BCUT2D eigenvalue weighted by Crippen LogP contribution is 2.30. The van der Waals surface area contributed by atoms with Crippen LogP contribution >= 0.6 is 12.2 Å². The lowest BCUT2D eigenvalue weighted by Crippen LogP contribution is -2.28. The van der Waals surface area contributed by atoms with Crippen molar-refractivity contribution in [3.63, 3.8) is 0 Å². The summed E-state index contributed by atoms with van der Waals surface area (Å²) in [7, 11) is -3.53. The van der Waals surface area contributed by atoms with Crippen LogP contribution in [0.1, 0.15) is 17.5 Å². The number of fused-ring (bicyclic) bond motifs is 1. The Morgan fingerprint density at radius 3 is 2.61 bits per heavy atom. The molecule has 0 fully saturated rings. The Morgan fingerprint density at radius 2 is 1.89 bits per heavy atom. The molecule has 1 heterocycles.